The second kappa shape index (κ2) is 13.5. The largest absolute Gasteiger partial charge is 0.462 e. The van der Waals surface area contributed by atoms with Crippen molar-refractivity contribution in [1.82, 2.24) is 24.6 Å². The second-order valence-corrected chi connectivity index (χ2v) is 15.6. The number of hydrogen-bond donors (Lipinski definition) is 4. The highest BCUT2D eigenvalue weighted by Crippen LogP contribution is 2.49. The maximum atomic E-state index is 15.7. The van der Waals surface area contributed by atoms with Gasteiger partial charge in [0.05, 0.1) is 25.6 Å². The van der Waals surface area contributed by atoms with Crippen molar-refractivity contribution in [2.45, 2.75) is 77.3 Å². The molecule has 6 N–H and O–H groups in total. The fraction of sp³-hybridized carbons (Fsp3) is 0.696. The fourth-order valence-corrected chi connectivity index (χ4v) is 7.21. The number of aliphatic hydroxyl groups excluding tert-OH is 1. The molecule has 1 saturated heterocycles. The molecule has 1 aliphatic rings. The third-order valence-corrected chi connectivity index (χ3v) is 10.1. The SMILES string of the molecule is CC(C)OC(=O)[C@H](C)NP(=S)(OCCSC(=O)C(C)(C)C)OC[C@H]1O[C@@H](n2cnc3c(N)nc(N)nc32)[C@](F)(Cl)[C@@H]1O. The van der Waals surface area contributed by atoms with Crippen LogP contribution in [0.15, 0.2) is 6.33 Å². The monoisotopic (exact) mass is 671 g/mol. The summed E-state index contributed by atoms with van der Waals surface area (Å²) in [7, 11) is 0. The van der Waals surface area contributed by atoms with E-state index in [2.05, 4.69) is 20.0 Å². The van der Waals surface area contributed by atoms with Crippen LogP contribution in [0.2, 0.25) is 0 Å². The second-order valence-electron chi connectivity index (χ2n) is 10.8. The van der Waals surface area contributed by atoms with Crippen LogP contribution >= 0.6 is 30.0 Å². The van der Waals surface area contributed by atoms with Crippen molar-refractivity contribution in [2.24, 2.45) is 5.41 Å². The van der Waals surface area contributed by atoms with Crippen LogP contribution in [0.1, 0.15) is 47.8 Å². The van der Waals surface area contributed by atoms with Gasteiger partial charge < -0.3 is 35.1 Å². The summed E-state index contributed by atoms with van der Waals surface area (Å²) in [5, 5.41) is 10.7. The molecule has 1 aliphatic heterocycles. The molecule has 2 aromatic rings. The molecule has 236 valence electrons. The van der Waals surface area contributed by atoms with E-state index in [0.29, 0.717) is 0 Å². The van der Waals surface area contributed by atoms with E-state index in [0.717, 1.165) is 16.3 Å². The first-order valence-corrected chi connectivity index (χ1v) is 16.9. The number of carbonyl (C=O) groups is 2. The van der Waals surface area contributed by atoms with E-state index in [-0.39, 0.29) is 46.5 Å². The summed E-state index contributed by atoms with van der Waals surface area (Å²) in [6.07, 6.45) is -4.05. The number of fused-ring (bicyclic) bond motifs is 1. The predicted octanol–water partition coefficient (Wildman–Crippen LogP) is 2.65. The van der Waals surface area contributed by atoms with Crippen LogP contribution in [0.3, 0.4) is 0 Å². The predicted molar refractivity (Wildman–Crippen MR) is 161 cm³/mol. The van der Waals surface area contributed by atoms with Crippen molar-refractivity contribution in [1.29, 1.82) is 0 Å². The van der Waals surface area contributed by atoms with Crippen LogP contribution in [0.25, 0.3) is 11.2 Å². The Labute approximate surface area is 256 Å². The van der Waals surface area contributed by atoms with Crippen LogP contribution in [-0.2, 0) is 39.9 Å². The third kappa shape index (κ3) is 8.27. The van der Waals surface area contributed by atoms with Crippen molar-refractivity contribution in [3.05, 3.63) is 6.33 Å². The Morgan fingerprint density at radius 3 is 2.62 bits per heavy atom. The molecular weight excluding hydrogens is 636 g/mol. The van der Waals surface area contributed by atoms with E-state index in [1.54, 1.807) is 34.6 Å². The van der Waals surface area contributed by atoms with Crippen molar-refractivity contribution in [3.8, 4) is 0 Å². The molecule has 2 aromatic heterocycles. The molecule has 0 spiro atoms. The number of alkyl halides is 2. The van der Waals surface area contributed by atoms with Gasteiger partial charge in [0.25, 0.3) is 11.8 Å². The topological polar surface area (TPSA) is 199 Å². The van der Waals surface area contributed by atoms with Crippen LogP contribution in [0.4, 0.5) is 16.2 Å². The number of thioether (sulfide) groups is 1. The molecule has 42 heavy (non-hydrogen) atoms. The highest BCUT2D eigenvalue weighted by Gasteiger charge is 2.58. The van der Waals surface area contributed by atoms with E-state index in [4.69, 9.17) is 53.4 Å². The summed E-state index contributed by atoms with van der Waals surface area (Å²) < 4.78 is 39.5. The smallest absolute Gasteiger partial charge is 0.323 e. The third-order valence-electron chi connectivity index (χ3n) is 5.75. The number of halogens is 2. The standard InChI is InChI=1S/C23H36ClFN7O7PS2/c1-11(2)38-18(34)12(3)31-40(41,36-7-8-42-20(35)22(4,5)6)37-9-13-15(33)23(24,25)19(39-13)32-10-28-14-16(26)29-21(27)30-17(14)32/h10-13,15,19,33H,7-9H2,1-6H3,(H,31,41)(H4,26,27,29,30)/t12-,13+,15+,19+,23-,40?/m0/s1. The number of esters is 1. The zero-order chi connectivity index (χ0) is 31.6. The molecule has 3 rings (SSSR count). The Morgan fingerprint density at radius 1 is 1.33 bits per heavy atom. The van der Waals surface area contributed by atoms with Crippen molar-refractivity contribution in [2.75, 3.05) is 30.4 Å². The molecule has 1 unspecified atom stereocenters. The first kappa shape index (κ1) is 34.8. The number of anilines is 2. The van der Waals surface area contributed by atoms with Gasteiger partial charge in [-0.25, -0.2) is 14.5 Å². The van der Waals surface area contributed by atoms with E-state index >= 15 is 4.39 Å². The molecule has 0 saturated carbocycles. The van der Waals surface area contributed by atoms with Crippen LogP contribution in [0, 0.1) is 5.41 Å². The van der Waals surface area contributed by atoms with Gasteiger partial charge in [-0.3, -0.25) is 14.2 Å². The fourth-order valence-electron chi connectivity index (χ4n) is 3.65. The molecule has 0 bridgehead atoms. The van der Waals surface area contributed by atoms with Gasteiger partial charge in [0.15, 0.2) is 22.8 Å². The Morgan fingerprint density at radius 2 is 2.00 bits per heavy atom. The minimum Gasteiger partial charge on any atom is -0.462 e. The molecular formula is C23H36ClFN7O7PS2. The van der Waals surface area contributed by atoms with Gasteiger partial charge in [0, 0.05) is 11.2 Å². The van der Waals surface area contributed by atoms with Gasteiger partial charge in [0.2, 0.25) is 5.95 Å². The van der Waals surface area contributed by atoms with Gasteiger partial charge in [0.1, 0.15) is 23.8 Å². The molecule has 1 fully saturated rings. The number of rotatable bonds is 12. The maximum absolute atomic E-state index is 15.7. The summed E-state index contributed by atoms with van der Waals surface area (Å²) in [5.74, 6) is -0.566. The maximum Gasteiger partial charge on any atom is 0.323 e. The lowest BCUT2D eigenvalue weighted by atomic mass is 10.00. The van der Waals surface area contributed by atoms with Gasteiger partial charge >= 0.3 is 5.97 Å². The Balaban J connectivity index is 1.76. The average Bonchev–Trinajstić information content (AvgIpc) is 3.37. The lowest BCUT2D eigenvalue weighted by Crippen LogP contribution is -2.39. The number of nitrogens with two attached hydrogens (primary N) is 2. The minimum absolute atomic E-state index is 0.00839. The normalized spacial score (nSPS) is 25.0. The molecule has 0 radical (unpaired) electrons. The molecule has 0 aromatic carbocycles. The summed E-state index contributed by atoms with van der Waals surface area (Å²) >= 11 is 12.8. The molecule has 3 heterocycles. The van der Waals surface area contributed by atoms with Gasteiger partial charge in [-0.05, 0) is 32.6 Å². The van der Waals surface area contributed by atoms with E-state index in [1.165, 1.54) is 13.3 Å². The quantitative estimate of drug-likeness (QED) is 0.111. The number of nitrogens with one attached hydrogen (secondary N) is 1. The van der Waals surface area contributed by atoms with Gasteiger partial charge in [-0.2, -0.15) is 9.97 Å². The minimum atomic E-state index is -3.50. The lowest BCUT2D eigenvalue weighted by molar-refractivity contribution is -0.149. The Kier molecular flexibility index (Phi) is 11.2. The van der Waals surface area contributed by atoms with Crippen LogP contribution in [0.5, 0.6) is 0 Å². The Hall–Kier alpha value is -1.69. The van der Waals surface area contributed by atoms with Gasteiger partial charge in [-0.15, -0.1) is 0 Å². The number of nitrogen functional groups attached to an aromatic ring is 2. The van der Waals surface area contributed by atoms with Crippen molar-refractivity contribution >= 4 is 75.8 Å². The number of carbonyl (C=O) groups excluding carboxylic acids is 2. The van der Waals surface area contributed by atoms with Crippen LogP contribution in [-0.4, -0.2) is 84.2 Å². The first-order chi connectivity index (χ1) is 19.4. The average molecular weight is 672 g/mol. The number of aromatic nitrogens is 4. The van der Waals surface area contributed by atoms with E-state index in [9.17, 15) is 14.7 Å². The summed E-state index contributed by atoms with van der Waals surface area (Å²) in [6, 6.07) is -0.939. The zero-order valence-electron chi connectivity index (χ0n) is 23.9. The summed E-state index contributed by atoms with van der Waals surface area (Å²) in [4.78, 5) is 36.6. The summed E-state index contributed by atoms with van der Waals surface area (Å²) in [5.41, 5.74) is 11.1. The highest BCUT2D eigenvalue weighted by atomic mass is 35.5. The van der Waals surface area contributed by atoms with Crippen molar-refractivity contribution in [3.63, 3.8) is 0 Å². The molecule has 19 heteroatoms. The Bertz CT molecular complexity index is 1350. The first-order valence-electron chi connectivity index (χ1n) is 12.9. The molecule has 0 amide bonds. The van der Waals surface area contributed by atoms with Crippen LogP contribution < -0.4 is 16.6 Å². The number of nitrogens with zero attached hydrogens (tertiary/aromatic N) is 4. The van der Waals surface area contributed by atoms with Gasteiger partial charge in [-0.1, -0.05) is 44.1 Å². The summed E-state index contributed by atoms with van der Waals surface area (Å²) in [6.45, 7) is 6.31. The zero-order valence-corrected chi connectivity index (χ0v) is 27.2. The van der Waals surface area contributed by atoms with Crippen molar-refractivity contribution < 1.29 is 37.6 Å². The van der Waals surface area contributed by atoms with E-state index in [1.807, 2.05) is 0 Å². The highest BCUT2D eigenvalue weighted by molar-refractivity contribution is 8.13. The number of hydrogen-bond acceptors (Lipinski definition) is 14. The van der Waals surface area contributed by atoms with E-state index < -0.39 is 54.2 Å². The number of aliphatic hydroxyl groups is 1. The molecule has 14 nitrogen and oxygen atoms in total. The molecule has 0 aliphatic carbocycles. The number of imidazole rings is 1. The lowest BCUT2D eigenvalue weighted by Gasteiger charge is -2.28. The number of ether oxygens (including phenoxy) is 2. The molecule has 6 atom stereocenters.